The van der Waals surface area contributed by atoms with E-state index in [4.69, 9.17) is 15.2 Å². The molecule has 0 radical (unpaired) electrons. The summed E-state index contributed by atoms with van der Waals surface area (Å²) < 4.78 is 13.1. The van der Waals surface area contributed by atoms with Gasteiger partial charge in [-0.15, -0.1) is 0 Å². The van der Waals surface area contributed by atoms with Crippen LogP contribution in [0.3, 0.4) is 0 Å². The molecular weight excluding hydrogens is 380 g/mol. The first-order valence-electron chi connectivity index (χ1n) is 11.7. The highest BCUT2D eigenvalue weighted by Gasteiger charge is 2.76. The van der Waals surface area contributed by atoms with E-state index in [1.807, 2.05) is 6.07 Å². The maximum absolute atomic E-state index is 12.5. The van der Waals surface area contributed by atoms with Gasteiger partial charge < -0.3 is 20.3 Å². The number of rotatable bonds is 3. The summed E-state index contributed by atoms with van der Waals surface area (Å²) in [5, 5.41) is 12.5. The number of benzene rings is 1. The minimum absolute atomic E-state index is 0.106. The highest BCUT2D eigenvalue weighted by Crippen LogP contribution is 2.67. The summed E-state index contributed by atoms with van der Waals surface area (Å²) in [6, 6.07) is 4.00. The second-order valence-electron chi connectivity index (χ2n) is 10.7. The molecule has 6 nitrogen and oxygen atoms in total. The fourth-order valence-corrected chi connectivity index (χ4v) is 7.90. The summed E-state index contributed by atoms with van der Waals surface area (Å²) >= 11 is 0. The molecule has 5 atom stereocenters. The van der Waals surface area contributed by atoms with E-state index < -0.39 is 16.9 Å². The molecule has 1 aromatic carbocycles. The van der Waals surface area contributed by atoms with Crippen molar-refractivity contribution in [1.82, 2.24) is 4.90 Å². The fourth-order valence-electron chi connectivity index (χ4n) is 7.90. The predicted molar refractivity (Wildman–Crippen MR) is 110 cm³/mol. The number of primary amides is 1. The maximum Gasteiger partial charge on any atom is 0.252 e. The van der Waals surface area contributed by atoms with Crippen LogP contribution < -0.4 is 10.5 Å². The zero-order chi connectivity index (χ0) is 20.3. The van der Waals surface area contributed by atoms with Gasteiger partial charge >= 0.3 is 0 Å². The largest absolute Gasteiger partial charge is 0.485 e. The highest BCUT2D eigenvalue weighted by atomic mass is 16.6. The molecule has 7 rings (SSSR count). The average Bonchev–Trinajstić information content (AvgIpc) is 3.28. The van der Waals surface area contributed by atoms with E-state index in [1.54, 1.807) is 0 Å². The van der Waals surface area contributed by atoms with Crippen LogP contribution in [0.2, 0.25) is 0 Å². The van der Waals surface area contributed by atoms with Crippen LogP contribution in [0.4, 0.5) is 0 Å². The molecule has 2 bridgehead atoms. The van der Waals surface area contributed by atoms with Gasteiger partial charge in [0.1, 0.15) is 17.5 Å². The number of carbonyl (C=O) groups excluding carboxylic acids is 1. The van der Waals surface area contributed by atoms with Crippen LogP contribution in [0.5, 0.6) is 5.75 Å². The summed E-state index contributed by atoms with van der Waals surface area (Å²) in [6.45, 7) is 2.81. The van der Waals surface area contributed by atoms with Crippen LogP contribution in [-0.2, 0) is 16.6 Å². The fraction of sp³-hybridized carbons (Fsp3) is 0.708. The van der Waals surface area contributed by atoms with Crippen molar-refractivity contribution in [2.75, 3.05) is 19.7 Å². The van der Waals surface area contributed by atoms with Gasteiger partial charge in [0.05, 0.1) is 16.6 Å². The van der Waals surface area contributed by atoms with Gasteiger partial charge in [-0.2, -0.15) is 0 Å². The second-order valence-corrected chi connectivity index (χ2v) is 10.7. The Labute approximate surface area is 176 Å². The quantitative estimate of drug-likeness (QED) is 0.795. The number of hydrogen-bond donors (Lipinski definition) is 2. The number of amides is 1. The maximum atomic E-state index is 12.5. The van der Waals surface area contributed by atoms with Crippen LogP contribution in [-0.4, -0.2) is 59.0 Å². The first-order chi connectivity index (χ1) is 14.5. The topological polar surface area (TPSA) is 85.0 Å². The molecule has 3 N–H and O–H groups in total. The Bertz CT molecular complexity index is 953. The lowest BCUT2D eigenvalue weighted by Crippen LogP contribution is -2.79. The highest BCUT2D eigenvalue weighted by molar-refractivity contribution is 5.97. The molecule has 6 heteroatoms. The third kappa shape index (κ3) is 1.95. The minimum Gasteiger partial charge on any atom is -0.485 e. The Morgan fingerprint density at radius 1 is 1.23 bits per heavy atom. The molecule has 2 spiro atoms. The number of fused-ring (bicyclic) bond motifs is 1. The molecule has 2 saturated heterocycles. The van der Waals surface area contributed by atoms with E-state index in [9.17, 15) is 9.90 Å². The standard InChI is InChI=1S/C24H30N2O4/c25-20(27)16-5-4-15-12-17-24(28)8-7-22(6-1-11-29-22)21-23(24,18(15)19(16)30-21)9-10-26(17)13-14-2-3-14/h4-5,14,17,21,28H,1-3,6-13H2,(H2,25,27)/t17-,21?,22?,23+,24?/m1/s1. The number of likely N-dealkylation sites (tertiary alicyclic amines) is 1. The van der Waals surface area contributed by atoms with Gasteiger partial charge in [-0.1, -0.05) is 6.07 Å². The minimum atomic E-state index is -0.851. The number of nitrogens with two attached hydrogens (primary N) is 1. The van der Waals surface area contributed by atoms with E-state index in [0.29, 0.717) is 11.3 Å². The van der Waals surface area contributed by atoms with E-state index in [-0.39, 0.29) is 17.7 Å². The van der Waals surface area contributed by atoms with E-state index in [0.717, 1.165) is 69.7 Å². The van der Waals surface area contributed by atoms with Crippen molar-refractivity contribution in [1.29, 1.82) is 0 Å². The predicted octanol–water partition coefficient (Wildman–Crippen LogP) is 1.90. The van der Waals surface area contributed by atoms with Crippen LogP contribution >= 0.6 is 0 Å². The molecule has 3 aliphatic heterocycles. The van der Waals surface area contributed by atoms with Gasteiger partial charge in [-0.25, -0.2) is 0 Å². The summed E-state index contributed by atoms with van der Waals surface area (Å²) in [4.78, 5) is 14.8. The Morgan fingerprint density at radius 3 is 2.83 bits per heavy atom. The molecule has 30 heavy (non-hydrogen) atoms. The van der Waals surface area contributed by atoms with Gasteiger partial charge in [-0.3, -0.25) is 9.69 Å². The third-order valence-corrected chi connectivity index (χ3v) is 9.34. The van der Waals surface area contributed by atoms with Crippen LogP contribution in [0.25, 0.3) is 0 Å². The molecule has 1 aromatic rings. The normalized spacial score (nSPS) is 43.5. The number of aliphatic hydroxyl groups is 1. The van der Waals surface area contributed by atoms with Crippen molar-refractivity contribution >= 4 is 5.91 Å². The first kappa shape index (κ1) is 18.0. The summed E-state index contributed by atoms with van der Waals surface area (Å²) in [5.74, 6) is 0.968. The molecular formula is C24H30N2O4. The van der Waals surface area contributed by atoms with Gasteiger partial charge in [0, 0.05) is 24.8 Å². The Kier molecular flexibility index (Phi) is 3.35. The van der Waals surface area contributed by atoms with Gasteiger partial charge in [0.2, 0.25) is 0 Å². The molecule has 2 saturated carbocycles. The van der Waals surface area contributed by atoms with Crippen molar-refractivity contribution in [2.24, 2.45) is 11.7 Å². The molecule has 1 amide bonds. The van der Waals surface area contributed by atoms with Crippen molar-refractivity contribution in [2.45, 2.75) is 80.1 Å². The average molecular weight is 411 g/mol. The number of hydrogen-bond acceptors (Lipinski definition) is 5. The van der Waals surface area contributed by atoms with Crippen molar-refractivity contribution in [3.05, 3.63) is 28.8 Å². The Morgan fingerprint density at radius 2 is 2.10 bits per heavy atom. The lowest BCUT2D eigenvalue weighted by Gasteiger charge is -2.65. The van der Waals surface area contributed by atoms with Crippen LogP contribution in [0, 0.1) is 5.92 Å². The van der Waals surface area contributed by atoms with Crippen molar-refractivity contribution < 1.29 is 19.4 Å². The van der Waals surface area contributed by atoms with Gasteiger partial charge in [0.25, 0.3) is 5.91 Å². The van der Waals surface area contributed by atoms with Crippen LogP contribution in [0.1, 0.15) is 66.4 Å². The molecule has 6 aliphatic rings. The smallest absolute Gasteiger partial charge is 0.252 e. The van der Waals surface area contributed by atoms with Crippen LogP contribution in [0.15, 0.2) is 12.1 Å². The summed E-state index contributed by atoms with van der Waals surface area (Å²) in [6.07, 6.45) is 7.60. The van der Waals surface area contributed by atoms with Gasteiger partial charge in [-0.05, 0) is 75.5 Å². The van der Waals surface area contributed by atoms with E-state index in [1.165, 1.54) is 18.4 Å². The summed E-state index contributed by atoms with van der Waals surface area (Å²) in [7, 11) is 0. The lowest BCUT2D eigenvalue weighted by molar-refractivity contribution is -0.237. The molecule has 4 fully saturated rings. The monoisotopic (exact) mass is 410 g/mol. The van der Waals surface area contributed by atoms with Gasteiger partial charge in [0.15, 0.2) is 0 Å². The SMILES string of the molecule is NC(=O)c1ccc2c3c1OC1C4(CCCO4)CCC4(O)[C@@H](C2)N(CC2CC2)CC[C@]314. The van der Waals surface area contributed by atoms with E-state index >= 15 is 0 Å². The number of piperidine rings is 1. The molecule has 0 aromatic heterocycles. The number of ether oxygens (including phenoxy) is 2. The summed E-state index contributed by atoms with van der Waals surface area (Å²) in [5.41, 5.74) is 6.77. The number of carbonyl (C=O) groups is 1. The Hall–Kier alpha value is -1.63. The third-order valence-electron chi connectivity index (χ3n) is 9.34. The molecule has 3 aliphatic carbocycles. The lowest BCUT2D eigenvalue weighted by atomic mass is 9.46. The molecule has 3 heterocycles. The Balaban J connectivity index is 1.46. The molecule has 160 valence electrons. The second kappa shape index (κ2) is 5.59. The van der Waals surface area contributed by atoms with E-state index in [2.05, 4.69) is 11.0 Å². The first-order valence-corrected chi connectivity index (χ1v) is 11.7. The number of nitrogens with zero attached hydrogens (tertiary/aromatic N) is 1. The van der Waals surface area contributed by atoms with Crippen molar-refractivity contribution in [3.63, 3.8) is 0 Å². The zero-order valence-corrected chi connectivity index (χ0v) is 17.4. The molecule has 3 unspecified atom stereocenters. The van der Waals surface area contributed by atoms with Crippen molar-refractivity contribution in [3.8, 4) is 5.75 Å². The zero-order valence-electron chi connectivity index (χ0n) is 17.4.